The van der Waals surface area contributed by atoms with Crippen LogP contribution in [0.4, 0.5) is 0 Å². The third-order valence-corrected chi connectivity index (χ3v) is 4.39. The molecule has 0 saturated carbocycles. The summed E-state index contributed by atoms with van der Waals surface area (Å²) in [4.78, 5) is 0. The minimum absolute atomic E-state index is 1.13. The fourth-order valence-corrected chi connectivity index (χ4v) is 3.29. The second kappa shape index (κ2) is 6.89. The number of hydrogen-bond acceptors (Lipinski definition) is 2. The molecule has 0 N–H and O–H groups in total. The van der Waals surface area contributed by atoms with Crippen LogP contribution in [0.25, 0.3) is 27.8 Å². The van der Waals surface area contributed by atoms with Gasteiger partial charge >= 0.3 is 0 Å². The smallest absolute Gasteiger partial charge is 0.0629 e. The summed E-state index contributed by atoms with van der Waals surface area (Å²) in [6, 6.07) is 29.5. The van der Waals surface area contributed by atoms with E-state index in [4.69, 9.17) is 0 Å². The van der Waals surface area contributed by atoms with E-state index in [0.717, 1.165) is 16.9 Å². The first-order valence-corrected chi connectivity index (χ1v) is 8.71. The third kappa shape index (κ3) is 2.88. The summed E-state index contributed by atoms with van der Waals surface area (Å²) in [5.41, 5.74) is 5.78. The number of rotatable bonds is 4. The van der Waals surface area contributed by atoms with Crippen LogP contribution in [0.3, 0.4) is 0 Å². The zero-order chi connectivity index (χ0) is 17.9. The third-order valence-electron chi connectivity index (χ3n) is 4.39. The molecule has 0 unspecified atom stereocenters. The second-order valence-corrected chi connectivity index (χ2v) is 6.41. The predicted octanol–water partition coefficient (Wildman–Crippen LogP) is 5.19. The lowest BCUT2D eigenvalue weighted by Gasteiger charge is -2.12. The van der Waals surface area contributed by atoms with Crippen molar-refractivity contribution in [2.24, 2.45) is 5.10 Å². The van der Waals surface area contributed by atoms with Crippen LogP contribution in [-0.4, -0.2) is 29.9 Å². The number of hydrazone groups is 1. The molecule has 0 aliphatic rings. The van der Waals surface area contributed by atoms with Crippen molar-refractivity contribution in [1.82, 2.24) is 9.58 Å². The molecular formula is C23H21N3. The Morgan fingerprint density at radius 2 is 1.38 bits per heavy atom. The van der Waals surface area contributed by atoms with Gasteiger partial charge in [-0.15, -0.1) is 0 Å². The molecule has 3 aromatic carbocycles. The highest BCUT2D eigenvalue weighted by Crippen LogP contribution is 2.35. The molecule has 1 aromatic heterocycles. The van der Waals surface area contributed by atoms with Crippen molar-refractivity contribution in [2.45, 2.75) is 0 Å². The molecule has 3 heteroatoms. The number of fused-ring (bicyclic) bond motifs is 1. The molecule has 0 saturated heterocycles. The summed E-state index contributed by atoms with van der Waals surface area (Å²) >= 11 is 0. The van der Waals surface area contributed by atoms with Crippen LogP contribution < -0.4 is 0 Å². The molecule has 0 spiro atoms. The maximum Gasteiger partial charge on any atom is 0.0629 e. The number of hydrogen-bond donors (Lipinski definition) is 0. The molecule has 26 heavy (non-hydrogen) atoms. The first-order valence-electron chi connectivity index (χ1n) is 8.71. The van der Waals surface area contributed by atoms with Crippen LogP contribution >= 0.6 is 0 Å². The summed E-state index contributed by atoms with van der Waals surface area (Å²) in [6.45, 7) is 0. The Bertz CT molecular complexity index is 1040. The number of para-hydroxylation sites is 2. The van der Waals surface area contributed by atoms with Crippen LogP contribution in [-0.2, 0) is 0 Å². The van der Waals surface area contributed by atoms with Gasteiger partial charge in [0.15, 0.2) is 0 Å². The van der Waals surface area contributed by atoms with E-state index in [1.807, 2.05) is 37.5 Å². The SMILES string of the molecule is CN(C)N=Cc1c(-c2ccccc2)n(-c2ccccc2)c2ccccc12. The molecule has 0 fully saturated rings. The number of benzene rings is 3. The van der Waals surface area contributed by atoms with E-state index in [1.54, 1.807) is 0 Å². The fraction of sp³-hybridized carbons (Fsp3) is 0.0870. The fourth-order valence-electron chi connectivity index (χ4n) is 3.29. The van der Waals surface area contributed by atoms with Crippen LogP contribution in [0, 0.1) is 0 Å². The molecule has 4 aromatic rings. The van der Waals surface area contributed by atoms with Crippen molar-refractivity contribution in [3.63, 3.8) is 0 Å². The van der Waals surface area contributed by atoms with E-state index in [-0.39, 0.29) is 0 Å². The molecule has 0 bridgehead atoms. The van der Waals surface area contributed by atoms with Crippen molar-refractivity contribution in [3.05, 3.63) is 90.5 Å². The van der Waals surface area contributed by atoms with Crippen molar-refractivity contribution in [1.29, 1.82) is 0 Å². The lowest BCUT2D eigenvalue weighted by molar-refractivity contribution is 0.440. The highest BCUT2D eigenvalue weighted by atomic mass is 15.4. The molecular weight excluding hydrogens is 318 g/mol. The van der Waals surface area contributed by atoms with Gasteiger partial charge in [0.2, 0.25) is 0 Å². The van der Waals surface area contributed by atoms with Crippen molar-refractivity contribution < 1.29 is 0 Å². The van der Waals surface area contributed by atoms with E-state index in [1.165, 1.54) is 16.5 Å². The standard InChI is InChI=1S/C23H21N3/c1-25(2)24-17-21-20-15-9-10-16-22(20)26(19-13-7-4-8-14-19)23(21)18-11-5-3-6-12-18/h3-17H,1-2H3. The van der Waals surface area contributed by atoms with Crippen LogP contribution in [0.15, 0.2) is 90.0 Å². The van der Waals surface area contributed by atoms with Crippen molar-refractivity contribution in [2.75, 3.05) is 14.1 Å². The Balaban J connectivity index is 2.12. The Kier molecular flexibility index (Phi) is 4.28. The highest BCUT2D eigenvalue weighted by molar-refractivity contribution is 6.07. The van der Waals surface area contributed by atoms with E-state index in [0.29, 0.717) is 0 Å². The molecule has 3 nitrogen and oxygen atoms in total. The van der Waals surface area contributed by atoms with Gasteiger partial charge in [-0.2, -0.15) is 5.10 Å². The molecule has 0 amide bonds. The quantitative estimate of drug-likeness (QED) is 0.370. The Morgan fingerprint density at radius 3 is 2.08 bits per heavy atom. The lowest BCUT2D eigenvalue weighted by atomic mass is 10.1. The molecule has 1 heterocycles. The monoisotopic (exact) mass is 339 g/mol. The molecule has 0 aliphatic heterocycles. The molecule has 128 valence electrons. The van der Waals surface area contributed by atoms with Gasteiger partial charge in [-0.25, -0.2) is 0 Å². The van der Waals surface area contributed by atoms with Crippen molar-refractivity contribution in [3.8, 4) is 16.9 Å². The predicted molar refractivity (Wildman–Crippen MR) is 110 cm³/mol. The highest BCUT2D eigenvalue weighted by Gasteiger charge is 2.18. The topological polar surface area (TPSA) is 20.5 Å². The van der Waals surface area contributed by atoms with Crippen LogP contribution in [0.2, 0.25) is 0 Å². The minimum atomic E-state index is 1.13. The van der Waals surface area contributed by atoms with Crippen LogP contribution in [0.5, 0.6) is 0 Å². The van der Waals surface area contributed by atoms with E-state index in [2.05, 4.69) is 82.5 Å². The first-order chi connectivity index (χ1) is 12.8. The van der Waals surface area contributed by atoms with Crippen LogP contribution in [0.1, 0.15) is 5.56 Å². The second-order valence-electron chi connectivity index (χ2n) is 6.41. The lowest BCUT2D eigenvalue weighted by Crippen LogP contribution is -2.03. The Morgan fingerprint density at radius 1 is 0.769 bits per heavy atom. The summed E-state index contributed by atoms with van der Waals surface area (Å²) < 4.78 is 2.32. The number of aromatic nitrogens is 1. The average Bonchev–Trinajstić information content (AvgIpc) is 3.02. The zero-order valence-electron chi connectivity index (χ0n) is 15.0. The largest absolute Gasteiger partial charge is 0.309 e. The Hall–Kier alpha value is -3.33. The number of nitrogens with zero attached hydrogens (tertiary/aromatic N) is 3. The first kappa shape index (κ1) is 16.2. The maximum absolute atomic E-state index is 4.53. The summed E-state index contributed by atoms with van der Waals surface area (Å²) in [6.07, 6.45) is 1.96. The Labute approximate surface area is 153 Å². The van der Waals surface area contributed by atoms with Gasteiger partial charge in [0.25, 0.3) is 0 Å². The van der Waals surface area contributed by atoms with Gasteiger partial charge in [-0.3, -0.25) is 0 Å². The normalized spacial score (nSPS) is 11.3. The summed E-state index contributed by atoms with van der Waals surface area (Å²) in [5.74, 6) is 0. The molecule has 0 aliphatic carbocycles. The maximum atomic E-state index is 4.53. The van der Waals surface area contributed by atoms with Gasteiger partial charge in [0.1, 0.15) is 0 Å². The minimum Gasteiger partial charge on any atom is -0.309 e. The van der Waals surface area contributed by atoms with Gasteiger partial charge < -0.3 is 9.58 Å². The average molecular weight is 339 g/mol. The van der Waals surface area contributed by atoms with E-state index < -0.39 is 0 Å². The van der Waals surface area contributed by atoms with E-state index >= 15 is 0 Å². The zero-order valence-corrected chi connectivity index (χ0v) is 15.0. The summed E-state index contributed by atoms with van der Waals surface area (Å²) in [5, 5.41) is 7.55. The van der Waals surface area contributed by atoms with E-state index in [9.17, 15) is 0 Å². The molecule has 0 radical (unpaired) electrons. The van der Waals surface area contributed by atoms with Crippen molar-refractivity contribution >= 4 is 17.1 Å². The van der Waals surface area contributed by atoms with Gasteiger partial charge in [-0.05, 0) is 23.8 Å². The van der Waals surface area contributed by atoms with Gasteiger partial charge in [0.05, 0.1) is 17.4 Å². The molecule has 4 rings (SSSR count). The summed E-state index contributed by atoms with van der Waals surface area (Å²) in [7, 11) is 3.88. The molecule has 0 atom stereocenters. The van der Waals surface area contributed by atoms with Gasteiger partial charge in [-0.1, -0.05) is 66.7 Å². The van der Waals surface area contributed by atoms with Gasteiger partial charge in [0, 0.05) is 30.7 Å².